The van der Waals surface area contributed by atoms with Crippen molar-refractivity contribution in [3.05, 3.63) is 34.9 Å². The minimum Gasteiger partial charge on any atom is -0.458 e. The van der Waals surface area contributed by atoms with Crippen LogP contribution in [0, 0.1) is 35.0 Å². The summed E-state index contributed by atoms with van der Waals surface area (Å²) in [7, 11) is 0. The zero-order valence-corrected chi connectivity index (χ0v) is 30.1. The second-order valence-corrected chi connectivity index (χ2v) is 17.0. The lowest BCUT2D eigenvalue weighted by molar-refractivity contribution is -0.345. The standard InChI is InChI=1S/C40H61NO6/c1-23-10-9-11-36-39(20-26(4)28(6)22-41-36)15-13-31(35-18-25(3)37(43)45-35)29(7)32(39)17-24(2)33(42)19-34-27(5)21-40(47-34)38(8,44)14-12-30(16-23)46-40/h17,25-28,30,32-35,42,44H,1,9-16,18-22H2,2-8H3/t25?,26-,27+,28-,30-,32-,33-,34+,35-,38+,39+,40+/m0/s1. The van der Waals surface area contributed by atoms with Gasteiger partial charge >= 0.3 is 5.97 Å². The van der Waals surface area contributed by atoms with Gasteiger partial charge in [-0.1, -0.05) is 51.5 Å². The van der Waals surface area contributed by atoms with Crippen molar-refractivity contribution in [3.63, 3.8) is 0 Å². The first kappa shape index (κ1) is 35.0. The van der Waals surface area contributed by atoms with Gasteiger partial charge in [0.2, 0.25) is 0 Å². The number of aliphatic hydroxyl groups excluding tert-OH is 1. The molecule has 0 saturated carbocycles. The maximum atomic E-state index is 12.5. The summed E-state index contributed by atoms with van der Waals surface area (Å²) in [4.78, 5) is 18.0. The number of cyclic esters (lactones) is 1. The number of aliphatic imine (C=N–C) groups is 1. The average Bonchev–Trinajstić information content (AvgIpc) is 3.47. The van der Waals surface area contributed by atoms with Crippen LogP contribution in [0.15, 0.2) is 39.9 Å². The molecule has 0 radical (unpaired) electrons. The van der Waals surface area contributed by atoms with E-state index >= 15 is 0 Å². The Labute approximate surface area is 283 Å². The van der Waals surface area contributed by atoms with Gasteiger partial charge in [0, 0.05) is 42.9 Å². The first-order valence-electron chi connectivity index (χ1n) is 18.7. The van der Waals surface area contributed by atoms with Crippen LogP contribution in [0.1, 0.15) is 126 Å². The lowest BCUT2D eigenvalue weighted by Crippen LogP contribution is -2.59. The van der Waals surface area contributed by atoms with Crippen LogP contribution in [0.2, 0.25) is 0 Å². The van der Waals surface area contributed by atoms with Gasteiger partial charge in [-0.2, -0.15) is 0 Å². The van der Waals surface area contributed by atoms with Gasteiger partial charge in [0.05, 0.1) is 24.2 Å². The molecule has 47 heavy (non-hydrogen) atoms. The fourth-order valence-corrected chi connectivity index (χ4v) is 9.93. The SMILES string of the molecule is C=C1CCCC2=NC[C@H](C)[C@@H](C)C[C@@]23CCC([C@@H]2CC(C)C(=O)O2)=C(C)[C@@H]3C=C(C)[C@@H](O)C[C@H]2O[C@@]3(C[C@H]2C)O[C@@H](CC[C@@]3(C)O)C1. The molecule has 262 valence electrons. The summed E-state index contributed by atoms with van der Waals surface area (Å²) < 4.78 is 19.4. The van der Waals surface area contributed by atoms with E-state index in [0.29, 0.717) is 31.1 Å². The number of ether oxygens (including phenoxy) is 3. The third-order valence-electron chi connectivity index (χ3n) is 13.4. The summed E-state index contributed by atoms with van der Waals surface area (Å²) in [5, 5.41) is 23.4. The van der Waals surface area contributed by atoms with E-state index in [9.17, 15) is 15.0 Å². The molecular weight excluding hydrogens is 590 g/mol. The minimum atomic E-state index is -1.10. The number of fused-ring (bicyclic) bond motifs is 2. The maximum absolute atomic E-state index is 12.5. The van der Waals surface area contributed by atoms with Crippen molar-refractivity contribution in [1.82, 2.24) is 0 Å². The van der Waals surface area contributed by atoms with Crippen LogP contribution < -0.4 is 0 Å². The summed E-state index contributed by atoms with van der Waals surface area (Å²) in [6, 6.07) is 0. The Morgan fingerprint density at radius 1 is 0.979 bits per heavy atom. The lowest BCUT2D eigenvalue weighted by atomic mass is 9.56. The third-order valence-corrected chi connectivity index (χ3v) is 13.4. The van der Waals surface area contributed by atoms with Gasteiger partial charge in [-0.3, -0.25) is 9.79 Å². The Hall–Kier alpha value is -1.80. The normalized spacial score (nSPS) is 46.9. The maximum Gasteiger partial charge on any atom is 0.309 e. The molecule has 2 N–H and O–H groups in total. The van der Waals surface area contributed by atoms with Gasteiger partial charge in [0.25, 0.3) is 0 Å². The zero-order valence-electron chi connectivity index (χ0n) is 30.1. The number of hydrogen-bond donors (Lipinski definition) is 2. The van der Waals surface area contributed by atoms with Crippen LogP contribution in [-0.4, -0.2) is 64.2 Å². The number of esters is 1. The molecule has 3 fully saturated rings. The van der Waals surface area contributed by atoms with Crippen molar-refractivity contribution in [3.8, 4) is 0 Å². The van der Waals surface area contributed by atoms with Crippen molar-refractivity contribution in [1.29, 1.82) is 0 Å². The van der Waals surface area contributed by atoms with Crippen molar-refractivity contribution < 1.29 is 29.2 Å². The second-order valence-electron chi connectivity index (χ2n) is 17.0. The van der Waals surface area contributed by atoms with E-state index < -0.39 is 17.5 Å². The van der Waals surface area contributed by atoms with Crippen LogP contribution in [0.3, 0.4) is 0 Å². The van der Waals surface area contributed by atoms with Crippen LogP contribution in [-0.2, 0) is 19.0 Å². The molecule has 6 aliphatic rings. The number of hydrogen-bond acceptors (Lipinski definition) is 7. The highest BCUT2D eigenvalue weighted by molar-refractivity contribution is 5.92. The van der Waals surface area contributed by atoms with E-state index in [-0.39, 0.29) is 47.4 Å². The highest BCUT2D eigenvalue weighted by Crippen LogP contribution is 2.55. The van der Waals surface area contributed by atoms with E-state index in [1.807, 2.05) is 13.8 Å². The molecule has 7 heteroatoms. The molecule has 0 amide bonds. The number of carbonyl (C=O) groups excluding carboxylic acids is 1. The Kier molecular flexibility index (Phi) is 9.80. The Bertz CT molecular complexity index is 1330. The molecule has 0 aromatic rings. The average molecular weight is 652 g/mol. The Balaban J connectivity index is 1.42. The molecule has 1 unspecified atom stereocenters. The third kappa shape index (κ3) is 6.48. The van der Waals surface area contributed by atoms with E-state index in [1.54, 1.807) is 0 Å². The topological polar surface area (TPSA) is 97.6 Å². The van der Waals surface area contributed by atoms with Gasteiger partial charge in [0.1, 0.15) is 11.7 Å². The monoisotopic (exact) mass is 651 g/mol. The number of carbonyl (C=O) groups is 1. The molecule has 6 rings (SSSR count). The fourth-order valence-electron chi connectivity index (χ4n) is 9.93. The number of aliphatic hydroxyl groups is 2. The zero-order chi connectivity index (χ0) is 33.9. The van der Waals surface area contributed by atoms with Crippen LogP contribution in [0.25, 0.3) is 0 Å². The molecule has 3 bridgehead atoms. The van der Waals surface area contributed by atoms with E-state index in [0.717, 1.165) is 69.9 Å². The Morgan fingerprint density at radius 2 is 1.74 bits per heavy atom. The number of nitrogens with zero attached hydrogens (tertiary/aromatic N) is 1. The quantitative estimate of drug-likeness (QED) is 0.223. The first-order valence-corrected chi connectivity index (χ1v) is 18.7. The highest BCUT2D eigenvalue weighted by Gasteiger charge is 2.60. The van der Waals surface area contributed by atoms with Gasteiger partial charge in [-0.25, -0.2) is 0 Å². The molecule has 12 atom stereocenters. The fraction of sp³-hybridized carbons (Fsp3) is 0.800. The highest BCUT2D eigenvalue weighted by atomic mass is 16.7. The summed E-state index contributed by atoms with van der Waals surface area (Å²) in [5.74, 6) is -0.0644. The molecule has 3 saturated heterocycles. The smallest absolute Gasteiger partial charge is 0.309 e. The largest absolute Gasteiger partial charge is 0.458 e. The van der Waals surface area contributed by atoms with Crippen molar-refractivity contribution >= 4 is 11.7 Å². The Morgan fingerprint density at radius 3 is 2.47 bits per heavy atom. The molecule has 5 heterocycles. The summed E-state index contributed by atoms with van der Waals surface area (Å²) in [6.45, 7) is 20.4. The van der Waals surface area contributed by atoms with Crippen LogP contribution in [0.5, 0.6) is 0 Å². The molecular formula is C40H61NO6. The summed E-state index contributed by atoms with van der Waals surface area (Å²) >= 11 is 0. The molecule has 5 aliphatic heterocycles. The minimum absolute atomic E-state index is 0.0412. The van der Waals surface area contributed by atoms with Gasteiger partial charge < -0.3 is 24.4 Å². The molecule has 0 aromatic heterocycles. The van der Waals surface area contributed by atoms with E-state index in [4.69, 9.17) is 19.2 Å². The molecule has 2 spiro atoms. The van der Waals surface area contributed by atoms with E-state index in [1.165, 1.54) is 22.4 Å². The van der Waals surface area contributed by atoms with Crippen LogP contribution in [0.4, 0.5) is 0 Å². The molecule has 1 aliphatic carbocycles. The number of rotatable bonds is 1. The van der Waals surface area contributed by atoms with Crippen molar-refractivity contribution in [2.24, 2.45) is 40.0 Å². The van der Waals surface area contributed by atoms with E-state index in [2.05, 4.69) is 47.3 Å². The molecule has 7 nitrogen and oxygen atoms in total. The van der Waals surface area contributed by atoms with Crippen molar-refractivity contribution in [2.45, 2.75) is 161 Å². The predicted octanol–water partition coefficient (Wildman–Crippen LogP) is 7.65. The number of allylic oxidation sites excluding steroid dienone is 2. The summed E-state index contributed by atoms with van der Waals surface area (Å²) in [5.41, 5.74) is 4.76. The first-order chi connectivity index (χ1) is 22.1. The van der Waals surface area contributed by atoms with Gasteiger partial charge in [-0.15, -0.1) is 0 Å². The van der Waals surface area contributed by atoms with Crippen molar-refractivity contribution in [2.75, 3.05) is 6.54 Å². The second kappa shape index (κ2) is 13.2. The predicted molar refractivity (Wildman–Crippen MR) is 185 cm³/mol. The van der Waals surface area contributed by atoms with Gasteiger partial charge in [0.15, 0.2) is 5.79 Å². The van der Waals surface area contributed by atoms with Gasteiger partial charge in [-0.05, 0) is 107 Å². The summed E-state index contributed by atoms with van der Waals surface area (Å²) in [6.07, 6.45) is 10.9. The van der Waals surface area contributed by atoms with Crippen LogP contribution >= 0.6 is 0 Å². The molecule has 0 aromatic carbocycles. The lowest BCUT2D eigenvalue weighted by Gasteiger charge is -2.48.